The number of nitrogens with one attached hydrogen (secondary N) is 1. The zero-order valence-electron chi connectivity index (χ0n) is 10.7. The lowest BCUT2D eigenvalue weighted by molar-refractivity contribution is 0.560. The van der Waals surface area contributed by atoms with Crippen LogP contribution in [0.4, 0.5) is 8.78 Å². The number of nitrogens with zero attached hydrogens (tertiary/aromatic N) is 2. The Labute approximate surface area is 110 Å². The van der Waals surface area contributed by atoms with Crippen LogP contribution in [0.15, 0.2) is 24.5 Å². The molecule has 0 saturated heterocycles. The number of halogens is 2. The van der Waals surface area contributed by atoms with E-state index in [-0.39, 0.29) is 5.69 Å². The normalized spacial score (nSPS) is 14.9. The molecule has 1 aliphatic carbocycles. The molecule has 0 aliphatic heterocycles. The van der Waals surface area contributed by atoms with Crippen LogP contribution in [-0.4, -0.2) is 15.6 Å². The molecule has 1 heterocycles. The van der Waals surface area contributed by atoms with Gasteiger partial charge >= 0.3 is 0 Å². The summed E-state index contributed by atoms with van der Waals surface area (Å²) in [7, 11) is 0. The smallest absolute Gasteiger partial charge is 0.150 e. The van der Waals surface area contributed by atoms with Gasteiger partial charge in [-0.2, -0.15) is 0 Å². The highest BCUT2D eigenvalue weighted by atomic mass is 19.1. The van der Waals surface area contributed by atoms with Crippen molar-refractivity contribution in [2.45, 2.75) is 32.4 Å². The number of aromatic nitrogens is 2. The summed E-state index contributed by atoms with van der Waals surface area (Å²) >= 11 is 0. The Hall–Kier alpha value is -1.75. The Balaban J connectivity index is 1.91. The van der Waals surface area contributed by atoms with Gasteiger partial charge in [0.1, 0.15) is 11.5 Å². The van der Waals surface area contributed by atoms with Gasteiger partial charge in [-0.1, -0.05) is 0 Å². The molecule has 1 aromatic carbocycles. The number of imidazole rings is 1. The molecule has 0 amide bonds. The fourth-order valence-corrected chi connectivity index (χ4v) is 2.11. The van der Waals surface area contributed by atoms with Gasteiger partial charge in [0.05, 0.1) is 0 Å². The summed E-state index contributed by atoms with van der Waals surface area (Å²) in [5.41, 5.74) is 0.564. The molecule has 1 saturated carbocycles. The first-order valence-electron chi connectivity index (χ1n) is 6.37. The number of aryl methyl sites for hydroxylation is 1. The van der Waals surface area contributed by atoms with Gasteiger partial charge in [-0.05, 0) is 37.5 Å². The Kier molecular flexibility index (Phi) is 3.06. The van der Waals surface area contributed by atoms with Crippen molar-refractivity contribution in [2.24, 2.45) is 0 Å². The maximum Gasteiger partial charge on any atom is 0.150 e. The first-order valence-corrected chi connectivity index (χ1v) is 6.37. The number of benzene rings is 1. The summed E-state index contributed by atoms with van der Waals surface area (Å²) in [4.78, 5) is 3.98. The topological polar surface area (TPSA) is 29.9 Å². The maximum absolute atomic E-state index is 14.1. The van der Waals surface area contributed by atoms with Crippen molar-refractivity contribution in [3.8, 4) is 5.69 Å². The minimum Gasteiger partial charge on any atom is -0.310 e. The summed E-state index contributed by atoms with van der Waals surface area (Å²) in [6.45, 7) is 2.21. The van der Waals surface area contributed by atoms with Gasteiger partial charge in [-0.3, -0.25) is 4.57 Å². The molecule has 0 unspecified atom stereocenters. The zero-order chi connectivity index (χ0) is 13.4. The molecule has 0 radical (unpaired) electrons. The first-order chi connectivity index (χ1) is 9.15. The molecule has 1 fully saturated rings. The van der Waals surface area contributed by atoms with Crippen molar-refractivity contribution in [2.75, 3.05) is 0 Å². The third-order valence-corrected chi connectivity index (χ3v) is 3.32. The van der Waals surface area contributed by atoms with Crippen LogP contribution in [0.2, 0.25) is 0 Å². The Bertz CT molecular complexity index is 579. The molecule has 1 aromatic heterocycles. The lowest BCUT2D eigenvalue weighted by atomic mass is 10.1. The van der Waals surface area contributed by atoms with Crippen LogP contribution in [0.25, 0.3) is 5.69 Å². The molecular weight excluding hydrogens is 248 g/mol. The minimum atomic E-state index is -0.561. The fourth-order valence-electron chi connectivity index (χ4n) is 2.11. The SMILES string of the molecule is Cc1nccn1-c1c(F)cc(CNC2CC2)cc1F. The van der Waals surface area contributed by atoms with E-state index in [0.717, 1.165) is 12.8 Å². The number of hydrogen-bond donors (Lipinski definition) is 1. The molecule has 5 heteroatoms. The highest BCUT2D eigenvalue weighted by Crippen LogP contribution is 2.23. The molecule has 0 bridgehead atoms. The maximum atomic E-state index is 14.1. The molecule has 3 nitrogen and oxygen atoms in total. The van der Waals surface area contributed by atoms with Crippen LogP contribution in [0.1, 0.15) is 24.2 Å². The van der Waals surface area contributed by atoms with Gasteiger partial charge < -0.3 is 5.32 Å². The van der Waals surface area contributed by atoms with Gasteiger partial charge in [-0.15, -0.1) is 0 Å². The number of rotatable bonds is 4. The Morgan fingerprint density at radius 2 is 2.00 bits per heavy atom. The van der Waals surface area contributed by atoms with Gasteiger partial charge in [-0.25, -0.2) is 13.8 Å². The van der Waals surface area contributed by atoms with E-state index >= 15 is 0 Å². The summed E-state index contributed by atoms with van der Waals surface area (Å²) in [5, 5.41) is 3.24. The quantitative estimate of drug-likeness (QED) is 0.919. The van der Waals surface area contributed by atoms with Gasteiger partial charge in [0.25, 0.3) is 0 Å². The second-order valence-corrected chi connectivity index (χ2v) is 4.91. The minimum absolute atomic E-state index is 0.0647. The van der Waals surface area contributed by atoms with E-state index in [9.17, 15) is 8.78 Å². The summed E-state index contributed by atoms with van der Waals surface area (Å²) in [6.07, 6.45) is 5.38. The molecule has 19 heavy (non-hydrogen) atoms. The van der Waals surface area contributed by atoms with E-state index in [2.05, 4.69) is 10.3 Å². The third-order valence-electron chi connectivity index (χ3n) is 3.32. The third kappa shape index (κ3) is 2.51. The van der Waals surface area contributed by atoms with E-state index in [1.807, 2.05) is 0 Å². The van der Waals surface area contributed by atoms with Crippen molar-refractivity contribution < 1.29 is 8.78 Å². The second kappa shape index (κ2) is 4.74. The van der Waals surface area contributed by atoms with Crippen molar-refractivity contribution in [1.29, 1.82) is 0 Å². The van der Waals surface area contributed by atoms with Crippen molar-refractivity contribution in [3.05, 3.63) is 47.5 Å². The van der Waals surface area contributed by atoms with E-state index < -0.39 is 11.6 Å². The average Bonchev–Trinajstić information content (AvgIpc) is 3.10. The van der Waals surface area contributed by atoms with E-state index in [0.29, 0.717) is 24.0 Å². The standard InChI is InChI=1S/C14H15F2N3/c1-9-17-4-5-19(9)14-12(15)6-10(7-13(14)16)8-18-11-2-3-11/h4-7,11,18H,2-3,8H2,1H3. The average molecular weight is 263 g/mol. The van der Waals surface area contributed by atoms with Crippen molar-refractivity contribution in [3.63, 3.8) is 0 Å². The second-order valence-electron chi connectivity index (χ2n) is 4.91. The monoisotopic (exact) mass is 263 g/mol. The highest BCUT2D eigenvalue weighted by Gasteiger charge is 2.21. The first kappa shape index (κ1) is 12.3. The molecular formula is C14H15F2N3. The van der Waals surface area contributed by atoms with Gasteiger partial charge in [0, 0.05) is 25.0 Å². The molecule has 100 valence electrons. The summed E-state index contributed by atoms with van der Waals surface area (Å²) in [5.74, 6) is -0.566. The molecule has 2 aromatic rings. The molecule has 1 N–H and O–H groups in total. The molecule has 1 aliphatic rings. The lowest BCUT2D eigenvalue weighted by Gasteiger charge is -2.10. The summed E-state index contributed by atoms with van der Waals surface area (Å²) < 4.78 is 29.6. The van der Waals surface area contributed by atoms with E-state index in [1.54, 1.807) is 13.1 Å². The van der Waals surface area contributed by atoms with Crippen molar-refractivity contribution in [1.82, 2.24) is 14.9 Å². The molecule has 0 spiro atoms. The van der Waals surface area contributed by atoms with Crippen LogP contribution < -0.4 is 5.32 Å². The summed E-state index contributed by atoms with van der Waals surface area (Å²) in [6, 6.07) is 3.28. The predicted octanol–water partition coefficient (Wildman–Crippen LogP) is 2.71. The number of hydrogen-bond acceptors (Lipinski definition) is 2. The fraction of sp³-hybridized carbons (Fsp3) is 0.357. The van der Waals surface area contributed by atoms with Crippen molar-refractivity contribution >= 4 is 0 Å². The van der Waals surface area contributed by atoms with Crippen LogP contribution in [0.5, 0.6) is 0 Å². The molecule has 0 atom stereocenters. The largest absolute Gasteiger partial charge is 0.310 e. The lowest BCUT2D eigenvalue weighted by Crippen LogP contribution is -2.16. The van der Waals surface area contributed by atoms with E-state index in [1.165, 1.54) is 22.9 Å². The molecule has 3 rings (SSSR count). The van der Waals surface area contributed by atoms with Crippen LogP contribution in [0, 0.1) is 18.6 Å². The Morgan fingerprint density at radius 1 is 1.32 bits per heavy atom. The van der Waals surface area contributed by atoms with Gasteiger partial charge in [0.2, 0.25) is 0 Å². The zero-order valence-corrected chi connectivity index (χ0v) is 10.7. The Morgan fingerprint density at radius 3 is 2.53 bits per heavy atom. The van der Waals surface area contributed by atoms with Crippen LogP contribution >= 0.6 is 0 Å². The van der Waals surface area contributed by atoms with E-state index in [4.69, 9.17) is 0 Å². The predicted molar refractivity (Wildman–Crippen MR) is 68.1 cm³/mol. The highest BCUT2D eigenvalue weighted by molar-refractivity contribution is 5.39. The van der Waals surface area contributed by atoms with Crippen LogP contribution in [-0.2, 0) is 6.54 Å². The van der Waals surface area contributed by atoms with Gasteiger partial charge in [0.15, 0.2) is 11.6 Å². The van der Waals surface area contributed by atoms with Crippen LogP contribution in [0.3, 0.4) is 0 Å².